The number of nitro groups is 1. The molecule has 0 bridgehead atoms. The van der Waals surface area contributed by atoms with Crippen molar-refractivity contribution in [2.45, 2.75) is 18.2 Å². The van der Waals surface area contributed by atoms with Gasteiger partial charge < -0.3 is 5.32 Å². The maximum atomic E-state index is 12.3. The minimum Gasteiger partial charge on any atom is -0.385 e. The molecule has 1 aromatic rings. The summed E-state index contributed by atoms with van der Waals surface area (Å²) in [7, 11) is -3.41. The van der Waals surface area contributed by atoms with Crippen molar-refractivity contribution < 1.29 is 22.1 Å². The van der Waals surface area contributed by atoms with Crippen molar-refractivity contribution in [3.8, 4) is 0 Å². The molecule has 0 aliphatic rings. The minimum absolute atomic E-state index is 0.375. The highest BCUT2D eigenvalue weighted by Gasteiger charge is 2.31. The van der Waals surface area contributed by atoms with Crippen molar-refractivity contribution in [3.63, 3.8) is 0 Å². The molecule has 0 spiro atoms. The maximum Gasteiger partial charge on any atom is 0.291 e. The summed E-state index contributed by atoms with van der Waals surface area (Å²) in [4.78, 5) is 9.55. The Labute approximate surface area is 120 Å². The molecule has 0 aromatic heterocycles. The van der Waals surface area contributed by atoms with Crippen LogP contribution in [0.3, 0.4) is 0 Å². The molecule has 0 aliphatic carbocycles. The Hall–Kier alpha value is -1.81. The third-order valence-electron chi connectivity index (χ3n) is 2.62. The van der Waals surface area contributed by atoms with E-state index in [1.807, 2.05) is 0 Å². The number of sulfonamides is 1. The molecular formula is C11H15F2N3O4S. The van der Waals surface area contributed by atoms with Crippen LogP contribution in [0.25, 0.3) is 0 Å². The van der Waals surface area contributed by atoms with Crippen LogP contribution in [0.4, 0.5) is 20.2 Å². The number of rotatable bonds is 7. The Bertz CT molecular complexity index is 622. The van der Waals surface area contributed by atoms with E-state index < -0.39 is 38.5 Å². The normalized spacial score (nSPS) is 11.9. The van der Waals surface area contributed by atoms with Crippen LogP contribution in [0, 0.1) is 10.1 Å². The largest absolute Gasteiger partial charge is 0.385 e. The van der Waals surface area contributed by atoms with Crippen LogP contribution < -0.4 is 5.32 Å². The molecule has 0 heterocycles. The van der Waals surface area contributed by atoms with Gasteiger partial charge in [0.15, 0.2) is 4.90 Å². The van der Waals surface area contributed by atoms with E-state index >= 15 is 0 Å². The van der Waals surface area contributed by atoms with Crippen molar-refractivity contribution >= 4 is 21.4 Å². The Morgan fingerprint density at radius 1 is 1.43 bits per heavy atom. The molecule has 0 aliphatic heterocycles. The molecule has 1 rings (SSSR count). The number of hydrogen-bond acceptors (Lipinski definition) is 5. The summed E-state index contributed by atoms with van der Waals surface area (Å²) >= 11 is 0. The molecule has 118 valence electrons. The number of hydrogen-bond donors (Lipinski definition) is 1. The molecule has 1 aromatic carbocycles. The van der Waals surface area contributed by atoms with Gasteiger partial charge in [-0.25, -0.2) is 17.2 Å². The van der Waals surface area contributed by atoms with Crippen molar-refractivity contribution in [1.82, 2.24) is 4.31 Å². The van der Waals surface area contributed by atoms with Gasteiger partial charge in [-0.1, -0.05) is 0 Å². The summed E-state index contributed by atoms with van der Waals surface area (Å²) in [5.74, 6) is 0. The highest BCUT2D eigenvalue weighted by molar-refractivity contribution is 7.89. The molecule has 0 saturated heterocycles. The predicted octanol–water partition coefficient (Wildman–Crippen LogP) is 1.91. The first-order valence-corrected chi connectivity index (χ1v) is 7.41. The van der Waals surface area contributed by atoms with Gasteiger partial charge in [0.05, 0.1) is 11.5 Å². The van der Waals surface area contributed by atoms with Gasteiger partial charge in [0, 0.05) is 25.3 Å². The van der Waals surface area contributed by atoms with E-state index in [1.165, 1.54) is 6.07 Å². The van der Waals surface area contributed by atoms with E-state index in [9.17, 15) is 27.3 Å². The van der Waals surface area contributed by atoms with Crippen LogP contribution in [0.15, 0.2) is 23.1 Å². The highest BCUT2D eigenvalue weighted by atomic mass is 32.2. The second-order valence-corrected chi connectivity index (χ2v) is 6.16. The van der Waals surface area contributed by atoms with Crippen LogP contribution >= 0.6 is 0 Å². The number of anilines is 1. The summed E-state index contributed by atoms with van der Waals surface area (Å²) in [6.07, 6.45) is -2.87. The van der Waals surface area contributed by atoms with Crippen LogP contribution in [-0.4, -0.2) is 44.2 Å². The van der Waals surface area contributed by atoms with Crippen molar-refractivity contribution in [1.29, 1.82) is 0 Å². The Morgan fingerprint density at radius 3 is 2.52 bits per heavy atom. The third-order valence-corrected chi connectivity index (χ3v) is 4.49. The summed E-state index contributed by atoms with van der Waals surface area (Å²) < 4.78 is 49.3. The summed E-state index contributed by atoms with van der Waals surface area (Å²) in [6.45, 7) is 1.23. The lowest BCUT2D eigenvalue weighted by molar-refractivity contribution is -0.387. The molecule has 0 radical (unpaired) electrons. The number of nitrogens with zero attached hydrogens (tertiary/aromatic N) is 2. The van der Waals surface area contributed by atoms with Crippen LogP contribution in [0.5, 0.6) is 0 Å². The number of halogens is 2. The van der Waals surface area contributed by atoms with Crippen molar-refractivity contribution in [2.75, 3.05) is 25.5 Å². The molecule has 7 nitrogen and oxygen atoms in total. The lowest BCUT2D eigenvalue weighted by Gasteiger charge is -2.17. The van der Waals surface area contributed by atoms with E-state index in [2.05, 4.69) is 5.32 Å². The monoisotopic (exact) mass is 323 g/mol. The maximum absolute atomic E-state index is 12.3. The van der Waals surface area contributed by atoms with Gasteiger partial charge in [-0.2, -0.15) is 4.31 Å². The Balaban J connectivity index is 3.31. The number of nitro benzene ring substituents is 1. The molecule has 0 unspecified atom stereocenters. The predicted molar refractivity (Wildman–Crippen MR) is 73.1 cm³/mol. The van der Waals surface area contributed by atoms with Crippen LogP contribution in [0.2, 0.25) is 0 Å². The van der Waals surface area contributed by atoms with Gasteiger partial charge in [0.2, 0.25) is 10.0 Å². The zero-order chi connectivity index (χ0) is 16.2. The minimum atomic E-state index is -4.36. The van der Waals surface area contributed by atoms with E-state index in [4.69, 9.17) is 0 Å². The third kappa shape index (κ3) is 4.08. The van der Waals surface area contributed by atoms with E-state index in [0.717, 1.165) is 19.2 Å². The molecule has 0 saturated carbocycles. The fraction of sp³-hybridized carbons (Fsp3) is 0.455. The molecular weight excluding hydrogens is 308 g/mol. The topological polar surface area (TPSA) is 92.6 Å². The lowest BCUT2D eigenvalue weighted by Crippen LogP contribution is -2.31. The van der Waals surface area contributed by atoms with E-state index in [1.54, 1.807) is 6.92 Å². The van der Waals surface area contributed by atoms with Crippen LogP contribution in [-0.2, 0) is 10.0 Å². The van der Waals surface area contributed by atoms with Crippen molar-refractivity contribution in [2.24, 2.45) is 0 Å². The van der Waals surface area contributed by atoms with Gasteiger partial charge in [-0.05, 0) is 19.1 Å². The molecule has 0 fully saturated rings. The fourth-order valence-electron chi connectivity index (χ4n) is 1.65. The summed E-state index contributed by atoms with van der Waals surface area (Å²) in [6, 6.07) is 3.44. The van der Waals surface area contributed by atoms with Gasteiger partial charge in [0.25, 0.3) is 12.1 Å². The van der Waals surface area contributed by atoms with Gasteiger partial charge >= 0.3 is 0 Å². The average molecular weight is 323 g/mol. The number of nitrogens with one attached hydrogen (secondary N) is 1. The molecule has 10 heteroatoms. The van der Waals surface area contributed by atoms with Crippen molar-refractivity contribution in [3.05, 3.63) is 28.3 Å². The Kier molecular flexibility index (Phi) is 5.55. The van der Waals surface area contributed by atoms with Gasteiger partial charge in [-0.15, -0.1) is 0 Å². The molecule has 21 heavy (non-hydrogen) atoms. The van der Waals surface area contributed by atoms with Gasteiger partial charge in [-0.3, -0.25) is 10.1 Å². The van der Waals surface area contributed by atoms with E-state index in [0.29, 0.717) is 16.5 Å². The summed E-state index contributed by atoms with van der Waals surface area (Å²) in [5, 5.41) is 13.8. The summed E-state index contributed by atoms with van der Waals surface area (Å²) in [5.41, 5.74) is -0.283. The number of benzene rings is 1. The quantitative estimate of drug-likeness (QED) is 0.611. The molecule has 0 amide bonds. The first-order valence-electron chi connectivity index (χ1n) is 5.97. The van der Waals surface area contributed by atoms with Gasteiger partial charge in [0.1, 0.15) is 0 Å². The Morgan fingerprint density at radius 2 is 2.05 bits per heavy atom. The highest BCUT2D eigenvalue weighted by Crippen LogP contribution is 2.29. The molecule has 0 atom stereocenters. The SMILES string of the molecule is CCNc1ccc(S(=O)(=O)N(C)CC(F)F)c([N+](=O)[O-])c1. The smallest absolute Gasteiger partial charge is 0.291 e. The number of alkyl halides is 2. The zero-order valence-corrected chi connectivity index (χ0v) is 12.2. The first kappa shape index (κ1) is 17.2. The first-order chi connectivity index (χ1) is 9.70. The fourth-order valence-corrected chi connectivity index (χ4v) is 2.94. The van der Waals surface area contributed by atoms with E-state index in [-0.39, 0.29) is 0 Å². The lowest BCUT2D eigenvalue weighted by atomic mass is 10.3. The standard InChI is InChI=1S/C11H15F2N3O4S/c1-3-14-8-4-5-10(9(6-8)16(17)18)21(19,20)15(2)7-11(12)13/h4-6,11,14H,3,7H2,1-2H3. The van der Waals surface area contributed by atoms with Crippen LogP contribution in [0.1, 0.15) is 6.92 Å². The molecule has 1 N–H and O–H groups in total. The second kappa shape index (κ2) is 6.76. The zero-order valence-electron chi connectivity index (χ0n) is 11.4. The average Bonchev–Trinajstić information content (AvgIpc) is 2.37. The second-order valence-electron chi connectivity index (χ2n) is 4.15.